The third-order valence-electron chi connectivity index (χ3n) is 4.23. The molecule has 0 aliphatic rings. The molecule has 1 atom stereocenters. The van der Waals surface area contributed by atoms with E-state index in [1.807, 2.05) is 6.92 Å². The van der Waals surface area contributed by atoms with Gasteiger partial charge in [0.05, 0.1) is 12.2 Å². The Bertz CT molecular complexity index is 920. The molecule has 7 nitrogen and oxygen atoms in total. The number of hydrogen-bond acceptors (Lipinski definition) is 5. The molecule has 0 spiro atoms. The zero-order valence-electron chi connectivity index (χ0n) is 16.4. The highest BCUT2D eigenvalue weighted by molar-refractivity contribution is 6.31. The second-order valence-electron chi connectivity index (χ2n) is 6.34. The second-order valence-corrected chi connectivity index (χ2v) is 6.78. The molecule has 2 aromatic rings. The number of benzene rings is 1. The average Bonchev–Trinajstić information content (AvgIpc) is 2.92. The number of carbonyl (C=O) groups excluding carboxylic acids is 3. The summed E-state index contributed by atoms with van der Waals surface area (Å²) in [5.41, 5.74) is 2.65. The van der Waals surface area contributed by atoms with Gasteiger partial charge in [0.2, 0.25) is 0 Å². The number of halogens is 1. The number of aromatic nitrogens is 1. The van der Waals surface area contributed by atoms with Crippen LogP contribution in [0.25, 0.3) is 0 Å². The lowest BCUT2D eigenvalue weighted by Crippen LogP contribution is -2.30. The largest absolute Gasteiger partial charge is 0.461 e. The van der Waals surface area contributed by atoms with Crippen molar-refractivity contribution in [1.29, 1.82) is 0 Å². The molecular weight excluding hydrogens is 384 g/mol. The van der Waals surface area contributed by atoms with Crippen LogP contribution in [0.1, 0.15) is 51.5 Å². The van der Waals surface area contributed by atoms with Gasteiger partial charge in [-0.1, -0.05) is 17.7 Å². The van der Waals surface area contributed by atoms with Gasteiger partial charge in [0, 0.05) is 16.4 Å². The molecule has 0 saturated heterocycles. The Labute approximate surface area is 168 Å². The minimum Gasteiger partial charge on any atom is -0.461 e. The van der Waals surface area contributed by atoms with Crippen LogP contribution in [-0.4, -0.2) is 35.5 Å². The van der Waals surface area contributed by atoms with Gasteiger partial charge in [-0.2, -0.15) is 0 Å². The van der Waals surface area contributed by atoms with Gasteiger partial charge in [0.25, 0.3) is 5.91 Å². The van der Waals surface area contributed by atoms with Crippen molar-refractivity contribution in [2.24, 2.45) is 0 Å². The maximum Gasteiger partial charge on any atom is 0.355 e. The van der Waals surface area contributed by atoms with E-state index in [-0.39, 0.29) is 17.9 Å². The fourth-order valence-electron chi connectivity index (χ4n) is 2.70. The third kappa shape index (κ3) is 4.72. The number of rotatable bonds is 6. The van der Waals surface area contributed by atoms with Gasteiger partial charge in [-0.3, -0.25) is 4.79 Å². The number of nitrogens with one attached hydrogen (secondary N) is 2. The fourth-order valence-corrected chi connectivity index (χ4v) is 2.87. The number of carbonyl (C=O) groups is 3. The predicted octanol–water partition coefficient (Wildman–Crippen LogP) is 3.95. The van der Waals surface area contributed by atoms with E-state index < -0.39 is 23.9 Å². The number of amides is 1. The highest BCUT2D eigenvalue weighted by Gasteiger charge is 2.26. The Morgan fingerprint density at radius 3 is 2.50 bits per heavy atom. The molecule has 150 valence electrons. The zero-order chi connectivity index (χ0) is 21.0. The molecule has 28 heavy (non-hydrogen) atoms. The van der Waals surface area contributed by atoms with Crippen molar-refractivity contribution < 1.29 is 23.9 Å². The molecule has 2 rings (SSSR count). The van der Waals surface area contributed by atoms with Crippen LogP contribution in [0.15, 0.2) is 18.2 Å². The predicted molar refractivity (Wildman–Crippen MR) is 106 cm³/mol. The van der Waals surface area contributed by atoms with Gasteiger partial charge >= 0.3 is 11.9 Å². The number of H-pyrrole nitrogens is 1. The normalized spacial score (nSPS) is 11.6. The van der Waals surface area contributed by atoms with Crippen LogP contribution in [0.4, 0.5) is 5.69 Å². The SMILES string of the molecule is CCOC(=O)c1[nH]c(C)c(C(=O)O[C@@H](C)C(=O)Nc2cc(Cl)ccc2C)c1C. The quantitative estimate of drug-likeness (QED) is 0.708. The Morgan fingerprint density at radius 2 is 1.86 bits per heavy atom. The smallest absolute Gasteiger partial charge is 0.355 e. The first-order valence-electron chi connectivity index (χ1n) is 8.80. The van der Waals surface area contributed by atoms with Gasteiger partial charge < -0.3 is 19.8 Å². The lowest BCUT2D eigenvalue weighted by Gasteiger charge is -2.15. The lowest BCUT2D eigenvalue weighted by atomic mass is 10.1. The van der Waals surface area contributed by atoms with Gasteiger partial charge in [-0.05, 0) is 57.9 Å². The molecule has 8 heteroatoms. The Balaban J connectivity index is 2.13. The zero-order valence-corrected chi connectivity index (χ0v) is 17.2. The highest BCUT2D eigenvalue weighted by Crippen LogP contribution is 2.22. The number of aryl methyl sites for hydroxylation is 2. The van der Waals surface area contributed by atoms with Crippen molar-refractivity contribution in [3.63, 3.8) is 0 Å². The van der Waals surface area contributed by atoms with E-state index in [1.165, 1.54) is 6.92 Å². The van der Waals surface area contributed by atoms with Crippen molar-refractivity contribution in [3.05, 3.63) is 51.3 Å². The van der Waals surface area contributed by atoms with Crippen LogP contribution in [0, 0.1) is 20.8 Å². The standard InChI is InChI=1S/C20H23ClN2O5/c1-6-27-20(26)17-11(3)16(12(4)22-17)19(25)28-13(5)18(24)23-15-9-14(21)8-7-10(15)2/h7-9,13,22H,6H2,1-5H3,(H,23,24)/t13-/m0/s1. The Kier molecular flexibility index (Phi) is 6.85. The minimum atomic E-state index is -1.05. The average molecular weight is 407 g/mol. The summed E-state index contributed by atoms with van der Waals surface area (Å²) >= 11 is 5.95. The Hall–Kier alpha value is -2.80. The lowest BCUT2D eigenvalue weighted by molar-refractivity contribution is -0.123. The van der Waals surface area contributed by atoms with Crippen LogP contribution >= 0.6 is 11.6 Å². The maximum atomic E-state index is 12.6. The number of esters is 2. The van der Waals surface area contributed by atoms with E-state index >= 15 is 0 Å². The fraction of sp³-hybridized carbons (Fsp3) is 0.350. The van der Waals surface area contributed by atoms with E-state index in [9.17, 15) is 14.4 Å². The highest BCUT2D eigenvalue weighted by atomic mass is 35.5. The van der Waals surface area contributed by atoms with E-state index in [1.54, 1.807) is 39.0 Å². The number of ether oxygens (including phenoxy) is 2. The first kappa shape index (κ1) is 21.5. The summed E-state index contributed by atoms with van der Waals surface area (Å²) in [5.74, 6) is -1.74. The van der Waals surface area contributed by atoms with Gasteiger partial charge in [0.15, 0.2) is 6.10 Å². The molecule has 1 aromatic heterocycles. The summed E-state index contributed by atoms with van der Waals surface area (Å²) in [7, 11) is 0. The van der Waals surface area contributed by atoms with Crippen molar-refractivity contribution >= 4 is 35.1 Å². The first-order valence-corrected chi connectivity index (χ1v) is 9.17. The summed E-state index contributed by atoms with van der Waals surface area (Å²) in [6.45, 7) is 8.47. The van der Waals surface area contributed by atoms with Crippen LogP contribution in [-0.2, 0) is 14.3 Å². The van der Waals surface area contributed by atoms with Crippen LogP contribution < -0.4 is 5.32 Å². The molecule has 1 amide bonds. The molecule has 0 aliphatic heterocycles. The summed E-state index contributed by atoms with van der Waals surface area (Å²) < 4.78 is 10.3. The van der Waals surface area contributed by atoms with Crippen LogP contribution in [0.2, 0.25) is 5.02 Å². The molecule has 1 aromatic carbocycles. The number of hydrogen-bond donors (Lipinski definition) is 2. The second kappa shape index (κ2) is 8.93. The molecule has 0 bridgehead atoms. The molecule has 0 saturated carbocycles. The van der Waals surface area contributed by atoms with Crippen LogP contribution in [0.5, 0.6) is 0 Å². The number of aromatic amines is 1. The van der Waals surface area contributed by atoms with Crippen molar-refractivity contribution in [2.45, 2.75) is 40.7 Å². The minimum absolute atomic E-state index is 0.193. The molecule has 0 aliphatic carbocycles. The molecular formula is C20H23ClN2O5. The van der Waals surface area contributed by atoms with E-state index in [4.69, 9.17) is 21.1 Å². The van der Waals surface area contributed by atoms with Gasteiger partial charge in [0.1, 0.15) is 5.69 Å². The molecule has 0 fully saturated rings. The van der Waals surface area contributed by atoms with Gasteiger partial charge in [-0.25, -0.2) is 9.59 Å². The monoisotopic (exact) mass is 406 g/mol. The number of anilines is 1. The van der Waals surface area contributed by atoms with Gasteiger partial charge in [-0.15, -0.1) is 0 Å². The first-order chi connectivity index (χ1) is 13.1. The van der Waals surface area contributed by atoms with Crippen molar-refractivity contribution in [1.82, 2.24) is 4.98 Å². The molecule has 2 N–H and O–H groups in total. The third-order valence-corrected chi connectivity index (χ3v) is 4.47. The molecule has 0 unspecified atom stereocenters. The summed E-state index contributed by atoms with van der Waals surface area (Å²) in [6, 6.07) is 5.11. The van der Waals surface area contributed by atoms with E-state index in [0.717, 1.165) is 5.56 Å². The topological polar surface area (TPSA) is 97.5 Å². The summed E-state index contributed by atoms with van der Waals surface area (Å²) in [5, 5.41) is 3.18. The molecule has 1 heterocycles. The van der Waals surface area contributed by atoms with Crippen molar-refractivity contribution in [2.75, 3.05) is 11.9 Å². The van der Waals surface area contributed by atoms with E-state index in [2.05, 4.69) is 10.3 Å². The Morgan fingerprint density at radius 1 is 1.18 bits per heavy atom. The maximum absolute atomic E-state index is 12.6. The summed E-state index contributed by atoms with van der Waals surface area (Å²) in [4.78, 5) is 39.8. The molecule has 0 radical (unpaired) electrons. The van der Waals surface area contributed by atoms with Crippen LogP contribution in [0.3, 0.4) is 0 Å². The van der Waals surface area contributed by atoms with E-state index in [0.29, 0.717) is 22.0 Å². The summed E-state index contributed by atoms with van der Waals surface area (Å²) in [6.07, 6.45) is -1.05. The van der Waals surface area contributed by atoms with Crippen molar-refractivity contribution in [3.8, 4) is 0 Å².